The van der Waals surface area contributed by atoms with E-state index in [1.54, 1.807) is 11.3 Å². The van der Waals surface area contributed by atoms with E-state index in [1.807, 2.05) is 36.5 Å². The van der Waals surface area contributed by atoms with Crippen LogP contribution in [0.25, 0.3) is 21.1 Å². The van der Waals surface area contributed by atoms with Gasteiger partial charge in [0.25, 0.3) is 5.56 Å². The number of hydrogen-bond donors (Lipinski definition) is 3. The molecule has 0 aliphatic carbocycles. The molecule has 3 heterocycles. The quantitative estimate of drug-likeness (QED) is 0.436. The van der Waals surface area contributed by atoms with Crippen molar-refractivity contribution in [2.75, 3.05) is 11.1 Å². The molecule has 1 aromatic carbocycles. The van der Waals surface area contributed by atoms with Crippen LogP contribution in [0.3, 0.4) is 0 Å². The number of carbonyl (C=O) groups excluding carboxylic acids is 1. The second-order valence-electron chi connectivity index (χ2n) is 6.86. The van der Waals surface area contributed by atoms with Gasteiger partial charge >= 0.3 is 0 Å². The van der Waals surface area contributed by atoms with E-state index in [9.17, 15) is 9.59 Å². The first-order valence-electron chi connectivity index (χ1n) is 8.97. The van der Waals surface area contributed by atoms with Gasteiger partial charge in [-0.05, 0) is 36.2 Å². The number of aromatic nitrogens is 3. The van der Waals surface area contributed by atoms with Gasteiger partial charge in [0.1, 0.15) is 10.7 Å². The number of fused-ring (bicyclic) bond motifs is 2. The number of aromatic amines is 2. The molecule has 3 aromatic heterocycles. The third kappa shape index (κ3) is 3.98. The fourth-order valence-corrected chi connectivity index (χ4v) is 4.66. The molecule has 0 aliphatic heterocycles. The lowest BCUT2D eigenvalue weighted by atomic mass is 10.2. The summed E-state index contributed by atoms with van der Waals surface area (Å²) in [6.07, 6.45) is 1.87. The largest absolute Gasteiger partial charge is 0.361 e. The third-order valence-electron chi connectivity index (χ3n) is 4.35. The lowest BCUT2D eigenvalue weighted by molar-refractivity contribution is -0.113. The van der Waals surface area contributed by atoms with Gasteiger partial charge in [0, 0.05) is 27.7 Å². The number of nitrogens with zero attached hydrogens (tertiary/aromatic N) is 1. The summed E-state index contributed by atoms with van der Waals surface area (Å²) in [4.78, 5) is 36.9. The Kier molecular flexibility index (Phi) is 5.23. The summed E-state index contributed by atoms with van der Waals surface area (Å²) in [7, 11) is 0. The van der Waals surface area contributed by atoms with Crippen molar-refractivity contribution in [3.63, 3.8) is 0 Å². The average molecular weight is 413 g/mol. The summed E-state index contributed by atoms with van der Waals surface area (Å²) >= 11 is 2.98. The molecule has 3 N–H and O–H groups in total. The summed E-state index contributed by atoms with van der Waals surface area (Å²) in [5.74, 6) is 1.65. The Hall–Kier alpha value is -2.58. The van der Waals surface area contributed by atoms with Gasteiger partial charge in [0.15, 0.2) is 0 Å². The van der Waals surface area contributed by atoms with Gasteiger partial charge in [-0.1, -0.05) is 13.8 Å². The predicted molar refractivity (Wildman–Crippen MR) is 117 cm³/mol. The van der Waals surface area contributed by atoms with Crippen molar-refractivity contribution in [1.82, 2.24) is 15.0 Å². The van der Waals surface area contributed by atoms with Crippen LogP contribution >= 0.6 is 23.1 Å². The first-order chi connectivity index (χ1) is 13.5. The molecule has 0 spiro atoms. The molecular formula is C20H20N4O2S2. The Morgan fingerprint density at radius 1 is 1.29 bits per heavy atom. The van der Waals surface area contributed by atoms with Gasteiger partial charge in [-0.3, -0.25) is 9.59 Å². The van der Waals surface area contributed by atoms with Crippen molar-refractivity contribution in [1.29, 1.82) is 0 Å². The molecule has 28 heavy (non-hydrogen) atoms. The zero-order valence-electron chi connectivity index (χ0n) is 15.5. The number of anilines is 1. The van der Waals surface area contributed by atoms with Crippen molar-refractivity contribution < 1.29 is 4.79 Å². The molecule has 0 saturated heterocycles. The Morgan fingerprint density at radius 2 is 2.14 bits per heavy atom. The number of H-pyrrole nitrogens is 2. The van der Waals surface area contributed by atoms with Crippen LogP contribution in [0.2, 0.25) is 0 Å². The van der Waals surface area contributed by atoms with Crippen molar-refractivity contribution in [2.24, 2.45) is 0 Å². The molecule has 1 amide bonds. The summed E-state index contributed by atoms with van der Waals surface area (Å²) in [6, 6.07) is 9.63. The third-order valence-corrected chi connectivity index (χ3v) is 6.62. The first kappa shape index (κ1) is 18.8. The summed E-state index contributed by atoms with van der Waals surface area (Å²) in [6.45, 7) is 4.20. The minimum Gasteiger partial charge on any atom is -0.361 e. The fourth-order valence-electron chi connectivity index (χ4n) is 2.92. The van der Waals surface area contributed by atoms with E-state index >= 15 is 0 Å². The standard InChI is InChI=1S/C20H20N4O2S2/c1-11(2)16-8-14-19(26)23-17(24-20(14)28-16)9-27-10-18(25)22-13-3-4-15-12(7-13)5-6-21-15/h3-8,11,21H,9-10H2,1-2H3,(H,22,25)(H,23,24,26). The van der Waals surface area contributed by atoms with Crippen molar-refractivity contribution in [3.05, 3.63) is 57.6 Å². The molecule has 0 atom stereocenters. The van der Waals surface area contributed by atoms with Gasteiger partial charge in [-0.25, -0.2) is 4.98 Å². The maximum absolute atomic E-state index is 12.3. The molecule has 0 radical (unpaired) electrons. The normalized spacial score (nSPS) is 11.5. The molecule has 0 aliphatic rings. The number of hydrogen-bond acceptors (Lipinski definition) is 5. The zero-order valence-corrected chi connectivity index (χ0v) is 17.2. The van der Waals surface area contributed by atoms with E-state index in [2.05, 4.69) is 34.1 Å². The van der Waals surface area contributed by atoms with E-state index in [1.165, 1.54) is 11.8 Å². The smallest absolute Gasteiger partial charge is 0.259 e. The number of rotatable bonds is 6. The van der Waals surface area contributed by atoms with Crippen LogP contribution in [0, 0.1) is 0 Å². The Labute approximate surface area is 169 Å². The van der Waals surface area contributed by atoms with Crippen molar-refractivity contribution >= 4 is 55.8 Å². The van der Waals surface area contributed by atoms with Gasteiger partial charge in [-0.2, -0.15) is 0 Å². The van der Waals surface area contributed by atoms with E-state index in [0.29, 0.717) is 22.9 Å². The second kappa shape index (κ2) is 7.81. The highest BCUT2D eigenvalue weighted by molar-refractivity contribution is 7.99. The van der Waals surface area contributed by atoms with Crippen LogP contribution in [0.15, 0.2) is 41.3 Å². The van der Waals surface area contributed by atoms with Gasteiger partial charge in [0.2, 0.25) is 5.91 Å². The molecule has 0 unspecified atom stereocenters. The number of amides is 1. The molecular weight excluding hydrogens is 392 g/mol. The highest BCUT2D eigenvalue weighted by Crippen LogP contribution is 2.27. The molecule has 6 nitrogen and oxygen atoms in total. The van der Waals surface area contributed by atoms with Gasteiger partial charge < -0.3 is 15.3 Å². The van der Waals surface area contributed by atoms with Crippen molar-refractivity contribution in [3.8, 4) is 0 Å². The summed E-state index contributed by atoms with van der Waals surface area (Å²) in [5, 5.41) is 4.60. The minimum absolute atomic E-state index is 0.0819. The Balaban J connectivity index is 1.37. The highest BCUT2D eigenvalue weighted by Gasteiger charge is 2.11. The monoisotopic (exact) mass is 412 g/mol. The second-order valence-corrected chi connectivity index (χ2v) is 8.90. The zero-order chi connectivity index (χ0) is 19.7. The number of thiophene rings is 1. The molecule has 0 saturated carbocycles. The minimum atomic E-state index is -0.118. The van der Waals surface area contributed by atoms with Crippen molar-refractivity contribution in [2.45, 2.75) is 25.5 Å². The molecule has 0 fully saturated rings. The van der Waals surface area contributed by atoms with Crippen LogP contribution in [-0.4, -0.2) is 26.6 Å². The maximum Gasteiger partial charge on any atom is 0.259 e. The van der Waals surface area contributed by atoms with Gasteiger partial charge in [-0.15, -0.1) is 23.1 Å². The predicted octanol–water partition coefficient (Wildman–Crippen LogP) is 4.46. The summed E-state index contributed by atoms with van der Waals surface area (Å²) < 4.78 is 0. The Bertz CT molecular complexity index is 1210. The molecule has 144 valence electrons. The van der Waals surface area contributed by atoms with E-state index in [4.69, 9.17) is 0 Å². The SMILES string of the molecule is CC(C)c1cc2c(=O)[nH]c(CSCC(=O)Nc3ccc4[nH]ccc4c3)nc2s1. The Morgan fingerprint density at radius 3 is 2.96 bits per heavy atom. The number of carbonyl (C=O) groups is 1. The van der Waals surface area contributed by atoms with Crippen LogP contribution in [0.4, 0.5) is 5.69 Å². The molecule has 4 rings (SSSR count). The van der Waals surface area contributed by atoms with Crippen LogP contribution < -0.4 is 10.9 Å². The number of benzene rings is 1. The maximum atomic E-state index is 12.3. The summed E-state index contributed by atoms with van der Waals surface area (Å²) in [5.41, 5.74) is 1.69. The van der Waals surface area contributed by atoms with Gasteiger partial charge in [0.05, 0.1) is 16.9 Å². The number of thioether (sulfide) groups is 1. The molecule has 8 heteroatoms. The molecule has 0 bridgehead atoms. The van der Waals surface area contributed by atoms with Crippen LogP contribution in [-0.2, 0) is 10.5 Å². The topological polar surface area (TPSA) is 90.6 Å². The highest BCUT2D eigenvalue weighted by atomic mass is 32.2. The average Bonchev–Trinajstić information content (AvgIpc) is 3.28. The number of nitrogens with one attached hydrogen (secondary N) is 3. The van der Waals surface area contributed by atoms with E-state index in [-0.39, 0.29) is 17.2 Å². The van der Waals surface area contributed by atoms with Crippen LogP contribution in [0.5, 0.6) is 0 Å². The lowest BCUT2D eigenvalue weighted by Crippen LogP contribution is -2.15. The van der Waals surface area contributed by atoms with Crippen LogP contribution in [0.1, 0.15) is 30.5 Å². The van der Waals surface area contributed by atoms with E-state index < -0.39 is 0 Å². The lowest BCUT2D eigenvalue weighted by Gasteiger charge is -2.05. The fraction of sp³-hybridized carbons (Fsp3) is 0.250. The van der Waals surface area contributed by atoms with E-state index in [0.717, 1.165) is 26.3 Å². The first-order valence-corrected chi connectivity index (χ1v) is 10.9. The molecule has 4 aromatic rings.